The van der Waals surface area contributed by atoms with Gasteiger partial charge in [0, 0.05) is 11.4 Å². The molecule has 122 valence electrons. The van der Waals surface area contributed by atoms with Crippen LogP contribution in [0.25, 0.3) is 0 Å². The Morgan fingerprint density at radius 2 is 1.77 bits per heavy atom. The first-order valence-electron chi connectivity index (χ1n) is 6.57. The number of sulfone groups is 1. The summed E-state index contributed by atoms with van der Waals surface area (Å²) in [6, 6.07) is 4.80. The Morgan fingerprint density at radius 1 is 1.23 bits per heavy atom. The topological polar surface area (TPSA) is 89.5 Å². The van der Waals surface area contributed by atoms with E-state index in [1.165, 1.54) is 19.1 Å². The van der Waals surface area contributed by atoms with E-state index in [4.69, 9.17) is 4.74 Å². The Labute approximate surface area is 138 Å². The van der Waals surface area contributed by atoms with Gasteiger partial charge in [-0.1, -0.05) is 15.9 Å². The smallest absolute Gasteiger partial charge is 0.329 e. The minimum atomic E-state index is -3.74. The van der Waals surface area contributed by atoms with Crippen molar-refractivity contribution in [1.82, 2.24) is 5.32 Å². The van der Waals surface area contributed by atoms with Gasteiger partial charge in [-0.25, -0.2) is 13.2 Å². The summed E-state index contributed by atoms with van der Waals surface area (Å²) in [5, 5.41) is 2.32. The van der Waals surface area contributed by atoms with E-state index >= 15 is 0 Å². The van der Waals surface area contributed by atoms with Gasteiger partial charge in [0.2, 0.25) is 5.91 Å². The molecular formula is C14H18BrNO5S. The predicted molar refractivity (Wildman–Crippen MR) is 85.0 cm³/mol. The summed E-state index contributed by atoms with van der Waals surface area (Å²) in [6.45, 7) is 4.50. The minimum Gasteiger partial charge on any atom is -0.461 e. The fourth-order valence-corrected chi connectivity index (χ4v) is 3.35. The fourth-order valence-electron chi connectivity index (χ4n) is 1.69. The van der Waals surface area contributed by atoms with Gasteiger partial charge in [0.1, 0.15) is 6.04 Å². The summed E-state index contributed by atoms with van der Waals surface area (Å²) in [6.07, 6.45) is -0.404. The molecule has 0 aliphatic rings. The van der Waals surface area contributed by atoms with Crippen LogP contribution in [0.15, 0.2) is 33.6 Å². The molecule has 0 saturated carbocycles. The van der Waals surface area contributed by atoms with Crippen LogP contribution in [-0.4, -0.2) is 38.2 Å². The first-order chi connectivity index (χ1) is 10.1. The monoisotopic (exact) mass is 391 g/mol. The highest BCUT2D eigenvalue weighted by Gasteiger charge is 2.29. The number of ether oxygens (including phenoxy) is 1. The second-order valence-electron chi connectivity index (χ2n) is 4.97. The molecule has 0 spiro atoms. The highest BCUT2D eigenvalue weighted by molar-refractivity contribution is 9.10. The van der Waals surface area contributed by atoms with Crippen molar-refractivity contribution >= 4 is 37.6 Å². The van der Waals surface area contributed by atoms with Crippen LogP contribution in [0.1, 0.15) is 20.8 Å². The lowest BCUT2D eigenvalue weighted by Crippen LogP contribution is -2.46. The molecule has 22 heavy (non-hydrogen) atoms. The molecule has 0 saturated heterocycles. The van der Waals surface area contributed by atoms with Crippen LogP contribution >= 0.6 is 15.9 Å². The third-order valence-electron chi connectivity index (χ3n) is 2.57. The zero-order valence-electron chi connectivity index (χ0n) is 12.5. The number of halogens is 1. The van der Waals surface area contributed by atoms with Crippen LogP contribution < -0.4 is 5.32 Å². The second-order valence-corrected chi connectivity index (χ2v) is 7.92. The average Bonchev–Trinajstić information content (AvgIpc) is 2.36. The summed E-state index contributed by atoms with van der Waals surface area (Å²) in [5.74, 6) is -1.83. The van der Waals surface area contributed by atoms with E-state index in [1.807, 2.05) is 0 Å². The van der Waals surface area contributed by atoms with Gasteiger partial charge >= 0.3 is 5.97 Å². The maximum absolute atomic E-state index is 12.4. The Balaban J connectivity index is 2.98. The number of benzene rings is 1. The molecule has 0 bridgehead atoms. The van der Waals surface area contributed by atoms with E-state index in [-0.39, 0.29) is 4.90 Å². The first-order valence-corrected chi connectivity index (χ1v) is 9.02. The number of nitrogens with one attached hydrogen (secondary N) is 1. The standard InChI is InChI=1S/C14H18BrNO5S/c1-9(2)21-14(18)13(16-10(3)17)8-22(19,20)12-6-4-11(15)5-7-12/h4-7,9,13H,8H2,1-3H3,(H,16,17). The Bertz CT molecular complexity index is 640. The van der Waals surface area contributed by atoms with Crippen molar-refractivity contribution in [1.29, 1.82) is 0 Å². The molecule has 1 atom stereocenters. The van der Waals surface area contributed by atoms with Crippen LogP contribution in [0.3, 0.4) is 0 Å². The number of rotatable bonds is 6. The van der Waals surface area contributed by atoms with Gasteiger partial charge in [0.25, 0.3) is 0 Å². The molecule has 0 radical (unpaired) electrons. The van der Waals surface area contributed by atoms with Crippen molar-refractivity contribution in [2.75, 3.05) is 5.75 Å². The predicted octanol–water partition coefficient (Wildman–Crippen LogP) is 1.68. The number of hydrogen-bond donors (Lipinski definition) is 1. The summed E-state index contributed by atoms with van der Waals surface area (Å²) < 4.78 is 30.4. The average molecular weight is 392 g/mol. The highest BCUT2D eigenvalue weighted by atomic mass is 79.9. The van der Waals surface area contributed by atoms with Crippen LogP contribution in [-0.2, 0) is 24.2 Å². The largest absolute Gasteiger partial charge is 0.461 e. The van der Waals surface area contributed by atoms with Crippen molar-refractivity contribution in [2.45, 2.75) is 37.8 Å². The summed E-state index contributed by atoms with van der Waals surface area (Å²) in [4.78, 5) is 23.2. The minimum absolute atomic E-state index is 0.0726. The van der Waals surface area contributed by atoms with E-state index in [0.717, 1.165) is 4.47 Å². The van der Waals surface area contributed by atoms with E-state index in [1.54, 1.807) is 26.0 Å². The molecule has 8 heteroatoms. The lowest BCUT2D eigenvalue weighted by Gasteiger charge is -2.18. The van der Waals surface area contributed by atoms with Gasteiger partial charge in [-0.3, -0.25) is 4.79 Å². The third kappa shape index (κ3) is 5.76. The van der Waals surface area contributed by atoms with Crippen molar-refractivity contribution in [3.05, 3.63) is 28.7 Å². The Hall–Kier alpha value is -1.41. The van der Waals surface area contributed by atoms with Crippen molar-refractivity contribution in [2.24, 2.45) is 0 Å². The van der Waals surface area contributed by atoms with Crippen LogP contribution in [0.2, 0.25) is 0 Å². The normalized spacial score (nSPS) is 12.8. The molecule has 1 aromatic carbocycles. The van der Waals surface area contributed by atoms with Crippen LogP contribution in [0.4, 0.5) is 0 Å². The third-order valence-corrected chi connectivity index (χ3v) is 4.86. The second kappa shape index (κ2) is 7.73. The summed E-state index contributed by atoms with van der Waals surface area (Å²) in [7, 11) is -3.74. The van der Waals surface area contributed by atoms with Crippen molar-refractivity contribution in [3.8, 4) is 0 Å². The van der Waals surface area contributed by atoms with Gasteiger partial charge in [-0.15, -0.1) is 0 Å². The molecule has 1 amide bonds. The zero-order valence-corrected chi connectivity index (χ0v) is 14.9. The van der Waals surface area contributed by atoms with Gasteiger partial charge in [0.15, 0.2) is 9.84 Å². The molecule has 1 aromatic rings. The molecule has 0 aliphatic carbocycles. The SMILES string of the molecule is CC(=O)NC(CS(=O)(=O)c1ccc(Br)cc1)C(=O)OC(C)C. The molecular weight excluding hydrogens is 374 g/mol. The molecule has 1 rings (SSSR count). The Morgan fingerprint density at radius 3 is 2.23 bits per heavy atom. The quantitative estimate of drug-likeness (QED) is 0.744. The molecule has 0 heterocycles. The molecule has 1 unspecified atom stereocenters. The zero-order chi connectivity index (χ0) is 16.9. The maximum Gasteiger partial charge on any atom is 0.329 e. The van der Waals surface area contributed by atoms with E-state index < -0.39 is 39.6 Å². The van der Waals surface area contributed by atoms with Gasteiger partial charge in [-0.05, 0) is 38.1 Å². The number of amides is 1. The van der Waals surface area contributed by atoms with Gasteiger partial charge < -0.3 is 10.1 Å². The maximum atomic E-state index is 12.4. The lowest BCUT2D eigenvalue weighted by atomic mass is 10.3. The number of hydrogen-bond acceptors (Lipinski definition) is 5. The van der Waals surface area contributed by atoms with E-state index in [0.29, 0.717) is 0 Å². The number of carbonyl (C=O) groups is 2. The van der Waals surface area contributed by atoms with Gasteiger partial charge in [-0.2, -0.15) is 0 Å². The first kappa shape index (κ1) is 18.6. The lowest BCUT2D eigenvalue weighted by molar-refractivity contribution is -0.150. The number of carbonyl (C=O) groups excluding carboxylic acids is 2. The summed E-state index contributed by atoms with van der Waals surface area (Å²) >= 11 is 3.22. The van der Waals surface area contributed by atoms with Crippen LogP contribution in [0.5, 0.6) is 0 Å². The van der Waals surface area contributed by atoms with Crippen molar-refractivity contribution < 1.29 is 22.7 Å². The molecule has 0 fully saturated rings. The molecule has 1 N–H and O–H groups in total. The van der Waals surface area contributed by atoms with E-state index in [2.05, 4.69) is 21.2 Å². The van der Waals surface area contributed by atoms with Crippen molar-refractivity contribution in [3.63, 3.8) is 0 Å². The molecule has 0 aliphatic heterocycles. The molecule has 6 nitrogen and oxygen atoms in total. The molecule has 0 aromatic heterocycles. The Kier molecular flexibility index (Phi) is 6.55. The highest BCUT2D eigenvalue weighted by Crippen LogP contribution is 2.17. The van der Waals surface area contributed by atoms with Crippen LogP contribution in [0, 0.1) is 0 Å². The fraction of sp³-hybridized carbons (Fsp3) is 0.429. The van der Waals surface area contributed by atoms with E-state index in [9.17, 15) is 18.0 Å². The number of esters is 1. The summed E-state index contributed by atoms with van der Waals surface area (Å²) in [5.41, 5.74) is 0. The van der Waals surface area contributed by atoms with Gasteiger partial charge in [0.05, 0.1) is 16.8 Å².